The van der Waals surface area contributed by atoms with E-state index in [1.54, 1.807) is 0 Å². The lowest BCUT2D eigenvalue weighted by atomic mass is 10.2. The quantitative estimate of drug-likeness (QED) is 0.906. The van der Waals surface area contributed by atoms with Crippen LogP contribution in [0, 0.1) is 0 Å². The van der Waals surface area contributed by atoms with Crippen molar-refractivity contribution in [1.82, 2.24) is 14.5 Å². The van der Waals surface area contributed by atoms with Crippen LogP contribution in [-0.2, 0) is 6.54 Å². The molecule has 0 radical (unpaired) electrons. The Kier molecular flexibility index (Phi) is 2.92. The number of imidazole rings is 1. The Morgan fingerprint density at radius 2 is 2.33 bits per heavy atom. The van der Waals surface area contributed by atoms with Gasteiger partial charge in [-0.15, -0.1) is 0 Å². The van der Waals surface area contributed by atoms with E-state index in [9.17, 15) is 0 Å². The maximum Gasteiger partial charge on any atom is 0.201 e. The van der Waals surface area contributed by atoms with Crippen LogP contribution in [0.3, 0.4) is 0 Å². The number of hydrogen-bond acceptors (Lipinski definition) is 3. The van der Waals surface area contributed by atoms with Gasteiger partial charge in [0.15, 0.2) is 0 Å². The van der Waals surface area contributed by atoms with E-state index in [0.29, 0.717) is 17.0 Å². The predicted octanol–water partition coefficient (Wildman–Crippen LogP) is 2.37. The molecule has 18 heavy (non-hydrogen) atoms. The Morgan fingerprint density at radius 1 is 1.50 bits per heavy atom. The van der Waals surface area contributed by atoms with Crippen LogP contribution in [0.1, 0.15) is 12.8 Å². The summed E-state index contributed by atoms with van der Waals surface area (Å²) < 4.78 is 2.08. The first-order chi connectivity index (χ1) is 8.66. The number of halogens is 1. The highest BCUT2D eigenvalue weighted by Crippen LogP contribution is 2.27. The van der Waals surface area contributed by atoms with Crippen LogP contribution in [0.5, 0.6) is 0 Å². The van der Waals surface area contributed by atoms with Crippen molar-refractivity contribution in [3.05, 3.63) is 23.2 Å². The molecule has 0 amide bonds. The number of rotatable bonds is 2. The third kappa shape index (κ3) is 1.85. The lowest BCUT2D eigenvalue weighted by Gasteiger charge is -2.20. The van der Waals surface area contributed by atoms with Crippen LogP contribution in [0.4, 0.5) is 5.95 Å². The number of aromatic nitrogens is 2. The molecular weight excluding hydrogens is 248 g/mol. The molecule has 5 heteroatoms. The molecule has 1 aliphatic heterocycles. The van der Waals surface area contributed by atoms with Crippen LogP contribution >= 0.6 is 11.6 Å². The Bertz CT molecular complexity index is 578. The van der Waals surface area contributed by atoms with Gasteiger partial charge in [-0.05, 0) is 38.6 Å². The van der Waals surface area contributed by atoms with E-state index in [4.69, 9.17) is 17.3 Å². The fraction of sp³-hybridized carbons (Fsp3) is 0.462. The highest BCUT2D eigenvalue weighted by Gasteiger charge is 2.23. The molecule has 3 rings (SSSR count). The van der Waals surface area contributed by atoms with Gasteiger partial charge in [-0.25, -0.2) is 4.98 Å². The maximum absolute atomic E-state index is 6.15. The summed E-state index contributed by atoms with van der Waals surface area (Å²) in [4.78, 5) is 6.75. The molecule has 2 N–H and O–H groups in total. The zero-order valence-electron chi connectivity index (χ0n) is 10.4. The van der Waals surface area contributed by atoms with Gasteiger partial charge in [-0.3, -0.25) is 0 Å². The SMILES string of the molecule is CN1CCCC1Cn1c(N)nc2c(Cl)cccc21. The maximum atomic E-state index is 6.15. The van der Waals surface area contributed by atoms with Gasteiger partial charge in [-0.2, -0.15) is 0 Å². The minimum absolute atomic E-state index is 0.545. The topological polar surface area (TPSA) is 47.1 Å². The zero-order valence-corrected chi connectivity index (χ0v) is 11.2. The summed E-state index contributed by atoms with van der Waals surface area (Å²) in [5.74, 6) is 0.554. The van der Waals surface area contributed by atoms with Gasteiger partial charge in [0.1, 0.15) is 5.52 Å². The number of likely N-dealkylation sites (N-methyl/N-ethyl adjacent to an activating group) is 1. The van der Waals surface area contributed by atoms with Crippen molar-refractivity contribution >= 4 is 28.6 Å². The zero-order chi connectivity index (χ0) is 12.7. The highest BCUT2D eigenvalue weighted by molar-refractivity contribution is 6.35. The van der Waals surface area contributed by atoms with Crippen molar-refractivity contribution in [3.63, 3.8) is 0 Å². The average Bonchev–Trinajstić information content (AvgIpc) is 2.87. The van der Waals surface area contributed by atoms with Crippen LogP contribution in [0.15, 0.2) is 18.2 Å². The third-order valence-corrected chi connectivity index (χ3v) is 4.13. The summed E-state index contributed by atoms with van der Waals surface area (Å²) in [5, 5.41) is 0.665. The van der Waals surface area contributed by atoms with Crippen molar-refractivity contribution in [2.75, 3.05) is 19.3 Å². The van der Waals surface area contributed by atoms with E-state index >= 15 is 0 Å². The molecule has 1 fully saturated rings. The Balaban J connectivity index is 2.01. The molecule has 96 valence electrons. The molecule has 0 spiro atoms. The average molecular weight is 265 g/mol. The number of para-hydroxylation sites is 1. The molecule has 0 saturated carbocycles. The minimum atomic E-state index is 0.545. The normalized spacial score (nSPS) is 20.9. The summed E-state index contributed by atoms with van der Waals surface area (Å²) in [6.45, 7) is 2.05. The van der Waals surface area contributed by atoms with Gasteiger partial charge in [0.25, 0.3) is 0 Å². The molecule has 1 unspecified atom stereocenters. The van der Waals surface area contributed by atoms with Crippen molar-refractivity contribution in [2.24, 2.45) is 0 Å². The first-order valence-corrected chi connectivity index (χ1v) is 6.65. The smallest absolute Gasteiger partial charge is 0.201 e. The van der Waals surface area contributed by atoms with Gasteiger partial charge >= 0.3 is 0 Å². The summed E-state index contributed by atoms with van der Waals surface area (Å²) >= 11 is 6.15. The number of benzene rings is 1. The molecule has 4 nitrogen and oxygen atoms in total. The van der Waals surface area contributed by atoms with Crippen molar-refractivity contribution in [2.45, 2.75) is 25.4 Å². The standard InChI is InChI=1S/C13H17ClN4/c1-17-7-3-4-9(17)8-18-11-6-2-5-10(14)12(11)16-13(18)15/h2,5-6,9H,3-4,7-8H2,1H3,(H2,15,16). The molecule has 1 aromatic heterocycles. The molecular formula is C13H17ClN4. The molecule has 0 bridgehead atoms. The molecule has 1 saturated heterocycles. The van der Waals surface area contributed by atoms with E-state index < -0.39 is 0 Å². The van der Waals surface area contributed by atoms with Gasteiger partial charge < -0.3 is 15.2 Å². The van der Waals surface area contributed by atoms with Crippen molar-refractivity contribution < 1.29 is 0 Å². The summed E-state index contributed by atoms with van der Waals surface area (Å²) in [6.07, 6.45) is 2.48. The lowest BCUT2D eigenvalue weighted by molar-refractivity contribution is 0.285. The van der Waals surface area contributed by atoms with Gasteiger partial charge in [0, 0.05) is 12.6 Å². The predicted molar refractivity (Wildman–Crippen MR) is 74.8 cm³/mol. The number of anilines is 1. The monoisotopic (exact) mass is 264 g/mol. The van der Waals surface area contributed by atoms with Gasteiger partial charge in [0.2, 0.25) is 5.95 Å². The first-order valence-electron chi connectivity index (χ1n) is 6.27. The van der Waals surface area contributed by atoms with E-state index in [1.165, 1.54) is 12.8 Å². The summed E-state index contributed by atoms with van der Waals surface area (Å²) in [5.41, 5.74) is 7.85. The first kappa shape index (κ1) is 11.8. The van der Waals surface area contributed by atoms with Crippen LogP contribution in [-0.4, -0.2) is 34.1 Å². The van der Waals surface area contributed by atoms with Crippen LogP contribution in [0.2, 0.25) is 5.02 Å². The highest BCUT2D eigenvalue weighted by atomic mass is 35.5. The molecule has 1 atom stereocenters. The second-order valence-electron chi connectivity index (χ2n) is 4.96. The number of nitrogens with zero attached hydrogens (tertiary/aromatic N) is 3. The largest absolute Gasteiger partial charge is 0.369 e. The Morgan fingerprint density at radius 3 is 3.06 bits per heavy atom. The van der Waals surface area contributed by atoms with Gasteiger partial charge in [-0.1, -0.05) is 17.7 Å². The number of fused-ring (bicyclic) bond motifs is 1. The van der Waals surface area contributed by atoms with Crippen molar-refractivity contribution in [3.8, 4) is 0 Å². The second-order valence-corrected chi connectivity index (χ2v) is 5.37. The van der Waals surface area contributed by atoms with E-state index in [2.05, 4.69) is 21.5 Å². The van der Waals surface area contributed by atoms with Gasteiger partial charge in [0.05, 0.1) is 10.5 Å². The van der Waals surface area contributed by atoms with Crippen LogP contribution < -0.4 is 5.73 Å². The Hall–Kier alpha value is -1.26. The molecule has 2 heterocycles. The lowest BCUT2D eigenvalue weighted by Crippen LogP contribution is -2.29. The number of nitrogen functional groups attached to an aromatic ring is 1. The molecule has 1 aliphatic rings. The molecule has 0 aliphatic carbocycles. The van der Waals surface area contributed by atoms with Crippen molar-refractivity contribution in [1.29, 1.82) is 0 Å². The summed E-state index contributed by atoms with van der Waals surface area (Å²) in [6, 6.07) is 6.37. The molecule has 2 aromatic rings. The fourth-order valence-electron chi connectivity index (χ4n) is 2.74. The van der Waals surface area contributed by atoms with E-state index in [-0.39, 0.29) is 0 Å². The Labute approximate surface area is 111 Å². The summed E-state index contributed by atoms with van der Waals surface area (Å²) in [7, 11) is 2.17. The molecule has 1 aromatic carbocycles. The van der Waals surface area contributed by atoms with E-state index in [0.717, 1.165) is 24.1 Å². The number of hydrogen-bond donors (Lipinski definition) is 1. The minimum Gasteiger partial charge on any atom is -0.369 e. The van der Waals surface area contributed by atoms with E-state index in [1.807, 2.05) is 18.2 Å². The second kappa shape index (κ2) is 4.44. The van der Waals surface area contributed by atoms with Crippen LogP contribution in [0.25, 0.3) is 11.0 Å². The number of nitrogens with two attached hydrogens (primary N) is 1. The number of likely N-dealkylation sites (tertiary alicyclic amines) is 1. The third-order valence-electron chi connectivity index (χ3n) is 3.82. The fourth-order valence-corrected chi connectivity index (χ4v) is 2.96.